The molecule has 5 rings (SSSR count). The highest BCUT2D eigenvalue weighted by molar-refractivity contribution is 7.80. The summed E-state index contributed by atoms with van der Waals surface area (Å²) in [5.74, 6) is -0.865. The minimum absolute atomic E-state index is 0.149. The molecule has 1 aliphatic heterocycles. The Balaban J connectivity index is 1.58. The van der Waals surface area contributed by atoms with Gasteiger partial charge in [-0.1, -0.05) is 6.07 Å². The van der Waals surface area contributed by atoms with Crippen molar-refractivity contribution in [1.82, 2.24) is 10.3 Å². The summed E-state index contributed by atoms with van der Waals surface area (Å²) in [6, 6.07) is 19.7. The Kier molecular flexibility index (Phi) is 6.80. The molecule has 1 fully saturated rings. The van der Waals surface area contributed by atoms with Gasteiger partial charge in [0.1, 0.15) is 23.3 Å². The Hall–Kier alpha value is -4.70. The number of furan rings is 1. The first-order valence-corrected chi connectivity index (χ1v) is 12.2. The Morgan fingerprint density at radius 1 is 1.03 bits per heavy atom. The van der Waals surface area contributed by atoms with Gasteiger partial charge in [0.2, 0.25) is 0 Å². The lowest BCUT2D eigenvalue weighted by atomic mass is 10.0. The molecule has 38 heavy (non-hydrogen) atoms. The molecule has 3 N–H and O–H groups in total. The van der Waals surface area contributed by atoms with E-state index < -0.39 is 18.0 Å². The van der Waals surface area contributed by atoms with Crippen molar-refractivity contribution in [2.24, 2.45) is 0 Å². The lowest BCUT2D eigenvalue weighted by molar-refractivity contribution is 0.0696. The van der Waals surface area contributed by atoms with Gasteiger partial charge in [0.25, 0.3) is 0 Å². The fourth-order valence-corrected chi connectivity index (χ4v) is 4.82. The molecule has 0 amide bonds. The van der Waals surface area contributed by atoms with Gasteiger partial charge in [-0.3, -0.25) is 4.98 Å². The number of pyridine rings is 1. The number of thiocarbonyl (C=S) groups is 1. The molecule has 2 aromatic carbocycles. The van der Waals surface area contributed by atoms with Crippen LogP contribution in [-0.4, -0.2) is 38.9 Å². The van der Waals surface area contributed by atoms with E-state index in [1.54, 1.807) is 18.3 Å². The van der Waals surface area contributed by atoms with Gasteiger partial charge in [0.05, 0.1) is 29.5 Å². The zero-order valence-electron chi connectivity index (χ0n) is 20.2. The molecule has 0 spiro atoms. The number of anilines is 1. The summed E-state index contributed by atoms with van der Waals surface area (Å²) in [6.07, 6.45) is 1.70. The van der Waals surface area contributed by atoms with E-state index in [9.17, 15) is 19.8 Å². The second-order valence-electron chi connectivity index (χ2n) is 8.53. The molecule has 1 aliphatic rings. The van der Waals surface area contributed by atoms with Crippen molar-refractivity contribution in [2.75, 3.05) is 11.5 Å². The van der Waals surface area contributed by atoms with Crippen molar-refractivity contribution in [3.8, 4) is 17.1 Å². The first-order chi connectivity index (χ1) is 18.4. The van der Waals surface area contributed by atoms with Crippen LogP contribution in [0.5, 0.6) is 5.75 Å². The molecule has 3 heterocycles. The van der Waals surface area contributed by atoms with Gasteiger partial charge in [-0.15, -0.1) is 0 Å². The van der Waals surface area contributed by atoms with Crippen LogP contribution in [0.15, 0.2) is 83.4 Å². The SMILES string of the molecule is CCOc1ccc(N2C(=S)N[C@H](c3ccccn3)[C@@H]2c2ccc(-c3cc(C(=O)O)cc(C(=O)O)c3)o2)cc1. The summed E-state index contributed by atoms with van der Waals surface area (Å²) in [5.41, 5.74) is 1.61. The van der Waals surface area contributed by atoms with Crippen LogP contribution < -0.4 is 15.0 Å². The van der Waals surface area contributed by atoms with E-state index in [0.29, 0.717) is 28.8 Å². The smallest absolute Gasteiger partial charge is 0.335 e. The average molecular weight is 530 g/mol. The number of hydrogen-bond acceptors (Lipinski definition) is 6. The normalized spacial score (nSPS) is 16.8. The van der Waals surface area contributed by atoms with Crippen LogP contribution >= 0.6 is 12.2 Å². The summed E-state index contributed by atoms with van der Waals surface area (Å²) in [7, 11) is 0. The third kappa shape index (κ3) is 4.81. The van der Waals surface area contributed by atoms with Crippen LogP contribution in [0.1, 0.15) is 51.2 Å². The van der Waals surface area contributed by atoms with Gasteiger partial charge in [-0.25, -0.2) is 9.59 Å². The number of hydrogen-bond donors (Lipinski definition) is 3. The van der Waals surface area contributed by atoms with Gasteiger partial charge in [-0.2, -0.15) is 0 Å². The van der Waals surface area contributed by atoms with Gasteiger partial charge >= 0.3 is 11.9 Å². The molecule has 4 aromatic rings. The third-order valence-corrected chi connectivity index (χ3v) is 6.47. The van der Waals surface area contributed by atoms with E-state index in [2.05, 4.69) is 10.3 Å². The van der Waals surface area contributed by atoms with Crippen molar-refractivity contribution in [3.63, 3.8) is 0 Å². The van der Waals surface area contributed by atoms with E-state index in [-0.39, 0.29) is 17.2 Å². The molecule has 0 bridgehead atoms. The fraction of sp³-hybridized carbons (Fsp3) is 0.143. The molecule has 0 unspecified atom stereocenters. The minimum atomic E-state index is -1.23. The van der Waals surface area contributed by atoms with Crippen molar-refractivity contribution in [3.05, 3.63) is 102 Å². The standard InChI is InChI=1S/C28H23N3O6S/c1-2-36-20-8-6-19(7-9-20)31-25(24(30-28(31)38)21-5-3-4-12-29-21)23-11-10-22(37-23)16-13-17(26(32)33)15-18(14-16)27(34)35/h3-15,24-25H,2H2,1H3,(H,30,38)(H,32,33)(H,34,35)/t24-,25+/m1/s1. The number of ether oxygens (including phenoxy) is 1. The van der Waals surface area contributed by atoms with Crippen molar-refractivity contribution >= 4 is 35.0 Å². The van der Waals surface area contributed by atoms with E-state index in [1.165, 1.54) is 12.1 Å². The van der Waals surface area contributed by atoms with E-state index >= 15 is 0 Å². The maximum absolute atomic E-state index is 11.6. The lowest BCUT2D eigenvalue weighted by Crippen LogP contribution is -2.29. The molecule has 9 nitrogen and oxygen atoms in total. The number of carboxylic acid groups (broad SMARTS) is 2. The molecule has 0 radical (unpaired) electrons. The Labute approximate surface area is 223 Å². The molecular weight excluding hydrogens is 506 g/mol. The summed E-state index contributed by atoms with van der Waals surface area (Å²) in [4.78, 5) is 29.7. The molecule has 0 saturated carbocycles. The number of nitrogens with zero attached hydrogens (tertiary/aromatic N) is 2. The van der Waals surface area contributed by atoms with Gasteiger partial charge in [0, 0.05) is 17.4 Å². The zero-order chi connectivity index (χ0) is 26.8. The molecule has 10 heteroatoms. The maximum Gasteiger partial charge on any atom is 0.335 e. The molecule has 0 aliphatic carbocycles. The predicted octanol–water partition coefficient (Wildman–Crippen LogP) is 5.31. The van der Waals surface area contributed by atoms with Crippen LogP contribution in [0.25, 0.3) is 11.3 Å². The molecule has 2 aromatic heterocycles. The summed E-state index contributed by atoms with van der Waals surface area (Å²) in [6.45, 7) is 2.47. The Morgan fingerprint density at radius 3 is 2.34 bits per heavy atom. The molecule has 192 valence electrons. The average Bonchev–Trinajstić information content (AvgIpc) is 3.54. The van der Waals surface area contributed by atoms with Gasteiger partial charge in [0.15, 0.2) is 5.11 Å². The van der Waals surface area contributed by atoms with Crippen molar-refractivity contribution in [1.29, 1.82) is 0 Å². The van der Waals surface area contributed by atoms with Gasteiger partial charge < -0.3 is 29.6 Å². The Bertz CT molecular complexity index is 1470. The first kappa shape index (κ1) is 25.0. The quantitative estimate of drug-likeness (QED) is 0.258. The number of rotatable bonds is 8. The van der Waals surface area contributed by atoms with E-state index in [1.807, 2.05) is 54.3 Å². The van der Waals surface area contributed by atoms with E-state index in [4.69, 9.17) is 21.4 Å². The molecule has 1 saturated heterocycles. The third-order valence-electron chi connectivity index (χ3n) is 6.15. The molecule has 2 atom stereocenters. The van der Waals surface area contributed by atoms with Crippen LogP contribution in [0.4, 0.5) is 5.69 Å². The summed E-state index contributed by atoms with van der Waals surface area (Å²) in [5, 5.41) is 22.8. The largest absolute Gasteiger partial charge is 0.494 e. The number of carboxylic acids is 2. The van der Waals surface area contributed by atoms with Gasteiger partial charge in [-0.05, 0) is 85.9 Å². The number of carbonyl (C=O) groups is 2. The van der Waals surface area contributed by atoms with Crippen LogP contribution in [0.2, 0.25) is 0 Å². The highest BCUT2D eigenvalue weighted by Gasteiger charge is 2.42. The second kappa shape index (κ2) is 10.3. The summed E-state index contributed by atoms with van der Waals surface area (Å²) < 4.78 is 11.8. The monoisotopic (exact) mass is 529 g/mol. The fourth-order valence-electron chi connectivity index (χ4n) is 4.48. The highest BCUT2D eigenvalue weighted by Crippen LogP contribution is 2.43. The minimum Gasteiger partial charge on any atom is -0.494 e. The maximum atomic E-state index is 11.6. The van der Waals surface area contributed by atoms with Crippen molar-refractivity contribution < 1.29 is 29.0 Å². The first-order valence-electron chi connectivity index (χ1n) is 11.8. The van der Waals surface area contributed by atoms with Crippen molar-refractivity contribution in [2.45, 2.75) is 19.0 Å². The highest BCUT2D eigenvalue weighted by atomic mass is 32.1. The van der Waals surface area contributed by atoms with Crippen LogP contribution in [-0.2, 0) is 0 Å². The number of benzene rings is 2. The van der Waals surface area contributed by atoms with Crippen LogP contribution in [0, 0.1) is 0 Å². The topological polar surface area (TPSA) is 125 Å². The number of aromatic nitrogens is 1. The lowest BCUT2D eigenvalue weighted by Gasteiger charge is -2.26. The van der Waals surface area contributed by atoms with Crippen LogP contribution in [0.3, 0.4) is 0 Å². The Morgan fingerprint density at radius 2 is 1.74 bits per heavy atom. The molecular formula is C28H23N3O6S. The zero-order valence-corrected chi connectivity index (χ0v) is 21.0. The summed E-state index contributed by atoms with van der Waals surface area (Å²) >= 11 is 5.74. The second-order valence-corrected chi connectivity index (χ2v) is 8.92. The van der Waals surface area contributed by atoms with E-state index in [0.717, 1.165) is 23.2 Å². The number of aromatic carboxylic acids is 2. The number of nitrogens with one attached hydrogen (secondary N) is 1. The predicted molar refractivity (Wildman–Crippen MR) is 144 cm³/mol.